The summed E-state index contributed by atoms with van der Waals surface area (Å²) in [6, 6.07) is 47.6. The van der Waals surface area contributed by atoms with E-state index in [4.69, 9.17) is 14.9 Å². The van der Waals surface area contributed by atoms with Crippen molar-refractivity contribution >= 4 is 28.7 Å². The number of amidine groups is 2. The van der Waals surface area contributed by atoms with E-state index >= 15 is 0 Å². The molecular formula is C40H34N6O. The van der Waals surface area contributed by atoms with E-state index in [-0.39, 0.29) is 6.04 Å². The van der Waals surface area contributed by atoms with Gasteiger partial charge in [0.2, 0.25) is 0 Å². The summed E-state index contributed by atoms with van der Waals surface area (Å²) in [4.78, 5) is 4.60. The van der Waals surface area contributed by atoms with Crippen molar-refractivity contribution in [3.63, 3.8) is 0 Å². The minimum absolute atomic E-state index is 0.250. The van der Waals surface area contributed by atoms with E-state index in [1.807, 2.05) is 65.7 Å². The highest BCUT2D eigenvalue weighted by molar-refractivity contribution is 6.12. The first-order chi connectivity index (χ1) is 23.3. The zero-order valence-corrected chi connectivity index (χ0v) is 25.9. The summed E-state index contributed by atoms with van der Waals surface area (Å²) in [5.74, 6) is 3.37. The van der Waals surface area contributed by atoms with Crippen LogP contribution in [-0.4, -0.2) is 36.0 Å². The Morgan fingerprint density at radius 1 is 0.532 bits per heavy atom. The number of benzene rings is 5. The molecule has 5 aromatic carbocycles. The highest BCUT2D eigenvalue weighted by Crippen LogP contribution is 2.33. The molecule has 7 heteroatoms. The fourth-order valence-electron chi connectivity index (χ4n) is 6.13. The Kier molecular flexibility index (Phi) is 7.69. The van der Waals surface area contributed by atoms with Crippen molar-refractivity contribution in [3.05, 3.63) is 175 Å². The van der Waals surface area contributed by atoms with Gasteiger partial charge in [-0.05, 0) is 42.8 Å². The first kappa shape index (κ1) is 28.4. The molecule has 0 saturated heterocycles. The quantitative estimate of drug-likeness (QED) is 0.176. The molecule has 0 aromatic heterocycles. The number of rotatable bonds is 8. The number of ether oxygens (including phenoxy) is 1. The van der Waals surface area contributed by atoms with Crippen LogP contribution in [0.1, 0.15) is 17.5 Å². The Bertz CT molecular complexity index is 1970. The Balaban J connectivity index is 1.04. The summed E-state index contributed by atoms with van der Waals surface area (Å²) >= 11 is 0. The number of anilines is 3. The van der Waals surface area contributed by atoms with Crippen LogP contribution in [0.3, 0.4) is 0 Å². The van der Waals surface area contributed by atoms with Crippen molar-refractivity contribution in [1.29, 1.82) is 0 Å². The lowest BCUT2D eigenvalue weighted by molar-refractivity contribution is 0.381. The molecule has 230 valence electrons. The molecule has 1 atom stereocenters. The molecule has 2 aliphatic heterocycles. The Morgan fingerprint density at radius 3 is 1.70 bits per heavy atom. The van der Waals surface area contributed by atoms with Gasteiger partial charge in [-0.3, -0.25) is 0 Å². The molecule has 8 rings (SSSR count). The molecule has 1 aliphatic carbocycles. The zero-order chi connectivity index (χ0) is 31.4. The molecule has 0 fully saturated rings. The number of hydrogen-bond acceptors (Lipinski definition) is 7. The van der Waals surface area contributed by atoms with Crippen LogP contribution in [0.15, 0.2) is 174 Å². The van der Waals surface area contributed by atoms with Crippen LogP contribution < -0.4 is 19.7 Å². The maximum atomic E-state index is 6.46. The number of hydrazone groups is 2. The molecule has 0 unspecified atom stereocenters. The molecule has 5 aromatic rings. The molecule has 7 nitrogen and oxygen atoms in total. The van der Waals surface area contributed by atoms with E-state index < -0.39 is 0 Å². The SMILES string of the molecule is C1=CC[C@H](N2CN(c3cccc(Oc4cccc(N5CN(c6ccccc6)C(c6ccccc6)=N5)c4)c3)N=C2c2ccccc2)C=C1. The summed E-state index contributed by atoms with van der Waals surface area (Å²) < 4.78 is 6.46. The largest absolute Gasteiger partial charge is 0.457 e. The van der Waals surface area contributed by atoms with Gasteiger partial charge in [0.1, 0.15) is 24.8 Å². The van der Waals surface area contributed by atoms with Gasteiger partial charge in [-0.15, -0.1) is 0 Å². The van der Waals surface area contributed by atoms with E-state index in [2.05, 4.69) is 118 Å². The predicted molar refractivity (Wildman–Crippen MR) is 191 cm³/mol. The third-order valence-electron chi connectivity index (χ3n) is 8.48. The van der Waals surface area contributed by atoms with Gasteiger partial charge in [-0.2, -0.15) is 10.2 Å². The van der Waals surface area contributed by atoms with Crippen molar-refractivity contribution in [2.75, 3.05) is 28.3 Å². The predicted octanol–water partition coefficient (Wildman–Crippen LogP) is 8.45. The molecule has 0 radical (unpaired) electrons. The summed E-state index contributed by atoms with van der Waals surface area (Å²) in [5, 5.41) is 14.2. The van der Waals surface area contributed by atoms with Crippen LogP contribution in [0.5, 0.6) is 11.5 Å². The van der Waals surface area contributed by atoms with E-state index in [0.717, 1.165) is 57.8 Å². The maximum absolute atomic E-state index is 6.46. The van der Waals surface area contributed by atoms with E-state index in [9.17, 15) is 0 Å². The molecule has 0 N–H and O–H groups in total. The molecule has 0 spiro atoms. The molecule has 0 saturated carbocycles. The van der Waals surface area contributed by atoms with Crippen LogP contribution >= 0.6 is 0 Å². The number of allylic oxidation sites excluding steroid dienone is 2. The van der Waals surface area contributed by atoms with E-state index in [0.29, 0.717) is 13.3 Å². The molecule has 0 amide bonds. The Labute approximate surface area is 275 Å². The van der Waals surface area contributed by atoms with Crippen molar-refractivity contribution in [1.82, 2.24) is 4.90 Å². The van der Waals surface area contributed by atoms with Crippen LogP contribution in [0, 0.1) is 0 Å². The van der Waals surface area contributed by atoms with E-state index in [1.54, 1.807) is 0 Å². The normalized spacial score (nSPS) is 17.2. The van der Waals surface area contributed by atoms with Gasteiger partial charge < -0.3 is 14.5 Å². The first-order valence-electron chi connectivity index (χ1n) is 15.9. The van der Waals surface area contributed by atoms with Gasteiger partial charge in [0.15, 0.2) is 11.7 Å². The Morgan fingerprint density at radius 2 is 1.09 bits per heavy atom. The van der Waals surface area contributed by atoms with Crippen LogP contribution in [-0.2, 0) is 0 Å². The molecule has 0 bridgehead atoms. The second-order valence-corrected chi connectivity index (χ2v) is 11.6. The van der Waals surface area contributed by atoms with Crippen LogP contribution in [0.25, 0.3) is 0 Å². The summed E-state index contributed by atoms with van der Waals surface area (Å²) in [5.41, 5.74) is 5.19. The van der Waals surface area contributed by atoms with Crippen LogP contribution in [0.4, 0.5) is 17.1 Å². The van der Waals surface area contributed by atoms with Gasteiger partial charge in [0.05, 0.1) is 17.4 Å². The monoisotopic (exact) mass is 614 g/mol. The molecule has 47 heavy (non-hydrogen) atoms. The van der Waals surface area contributed by atoms with Gasteiger partial charge in [-0.1, -0.05) is 115 Å². The number of para-hydroxylation sites is 1. The van der Waals surface area contributed by atoms with Crippen LogP contribution in [0.2, 0.25) is 0 Å². The zero-order valence-electron chi connectivity index (χ0n) is 25.9. The molecule has 3 aliphatic rings. The lowest BCUT2D eigenvalue weighted by atomic mass is 10.1. The maximum Gasteiger partial charge on any atom is 0.162 e. The summed E-state index contributed by atoms with van der Waals surface area (Å²) in [7, 11) is 0. The average molecular weight is 615 g/mol. The second kappa shape index (κ2) is 12.7. The Hall–Kier alpha value is -6.08. The summed E-state index contributed by atoms with van der Waals surface area (Å²) in [6.45, 7) is 1.24. The van der Waals surface area contributed by atoms with Gasteiger partial charge in [0.25, 0.3) is 0 Å². The molecule has 2 heterocycles. The third kappa shape index (κ3) is 5.99. The third-order valence-corrected chi connectivity index (χ3v) is 8.48. The highest BCUT2D eigenvalue weighted by Gasteiger charge is 2.30. The fourth-order valence-corrected chi connectivity index (χ4v) is 6.13. The van der Waals surface area contributed by atoms with Gasteiger partial charge >= 0.3 is 0 Å². The minimum Gasteiger partial charge on any atom is -0.457 e. The van der Waals surface area contributed by atoms with Gasteiger partial charge in [-0.25, -0.2) is 10.0 Å². The number of nitrogens with zero attached hydrogens (tertiary/aromatic N) is 6. The van der Waals surface area contributed by atoms with Crippen molar-refractivity contribution in [2.24, 2.45) is 10.2 Å². The fraction of sp³-hybridized carbons (Fsp3) is 0.100. The standard InChI is InChI=1S/C40H34N6O/c1-5-15-31(16-6-1)39-41-45(29-43(39)33-19-9-3-10-20-33)35-23-13-25-37(27-35)47-38-26-14-24-36(28-38)46-30-44(34-21-11-4-12-22-34)40(42-46)32-17-7-2-8-18-32/h1-21,23-28,34H,22,29-30H2/t34-/m1/s1. The van der Waals surface area contributed by atoms with Gasteiger partial charge in [0, 0.05) is 28.9 Å². The van der Waals surface area contributed by atoms with E-state index in [1.165, 1.54) is 0 Å². The minimum atomic E-state index is 0.250. The lowest BCUT2D eigenvalue weighted by Crippen LogP contribution is -2.39. The first-order valence-corrected chi connectivity index (χ1v) is 15.9. The lowest BCUT2D eigenvalue weighted by Gasteiger charge is -2.29. The summed E-state index contributed by atoms with van der Waals surface area (Å²) in [6.07, 6.45) is 9.65. The highest BCUT2D eigenvalue weighted by atomic mass is 16.5. The second-order valence-electron chi connectivity index (χ2n) is 11.6. The van der Waals surface area contributed by atoms with Crippen molar-refractivity contribution < 1.29 is 4.74 Å². The smallest absolute Gasteiger partial charge is 0.162 e. The average Bonchev–Trinajstić information content (AvgIpc) is 3.80. The van der Waals surface area contributed by atoms with Crippen molar-refractivity contribution in [3.8, 4) is 11.5 Å². The van der Waals surface area contributed by atoms with Crippen molar-refractivity contribution in [2.45, 2.75) is 12.5 Å². The molecular weight excluding hydrogens is 580 g/mol. The topological polar surface area (TPSA) is 46.9 Å². The number of hydrogen-bond donors (Lipinski definition) is 0.